The van der Waals surface area contributed by atoms with Crippen molar-refractivity contribution in [3.63, 3.8) is 0 Å². The zero-order valence-electron chi connectivity index (χ0n) is 11.2. The molecule has 1 amide bonds. The van der Waals surface area contributed by atoms with Crippen molar-refractivity contribution in [3.8, 4) is 0 Å². The van der Waals surface area contributed by atoms with Crippen molar-refractivity contribution in [2.24, 2.45) is 11.8 Å². The molecular weight excluding hydrogens is 361 g/mol. The lowest BCUT2D eigenvalue weighted by molar-refractivity contribution is 0.0937. The van der Waals surface area contributed by atoms with E-state index in [0.29, 0.717) is 34.0 Å². The minimum absolute atomic E-state index is 0.120. The van der Waals surface area contributed by atoms with E-state index in [1.54, 1.807) is 18.2 Å². The summed E-state index contributed by atoms with van der Waals surface area (Å²) in [6.07, 6.45) is 4.98. The average Bonchev–Trinajstić information content (AvgIpc) is 2.45. The zero-order valence-corrected chi connectivity index (χ0v) is 14.3. The second kappa shape index (κ2) is 7.67. The monoisotopic (exact) mass is 377 g/mol. The van der Waals surface area contributed by atoms with Crippen LogP contribution in [-0.4, -0.2) is 17.8 Å². The fraction of sp³-hybridized carbons (Fsp3) is 0.533. The van der Waals surface area contributed by atoms with Crippen LogP contribution in [0.3, 0.4) is 0 Å². The Bertz CT molecular complexity index is 481. The number of hydrogen-bond donors (Lipinski definition) is 1. The number of rotatable bonds is 4. The summed E-state index contributed by atoms with van der Waals surface area (Å²) < 4.78 is 0. The Balaban J connectivity index is 1.94. The van der Waals surface area contributed by atoms with Crippen LogP contribution >= 0.6 is 39.1 Å². The summed E-state index contributed by atoms with van der Waals surface area (Å²) in [5, 5.41) is 4.95. The van der Waals surface area contributed by atoms with Gasteiger partial charge in [0.05, 0.1) is 10.6 Å². The molecule has 1 saturated carbocycles. The Morgan fingerprint density at radius 1 is 1.25 bits per heavy atom. The molecule has 20 heavy (non-hydrogen) atoms. The number of carbonyl (C=O) groups excluding carboxylic acids is 1. The predicted octanol–water partition coefficient (Wildman–Crippen LogP) is 4.92. The number of halogens is 3. The van der Waals surface area contributed by atoms with Gasteiger partial charge in [0.1, 0.15) is 0 Å². The lowest BCUT2D eigenvalue weighted by Crippen LogP contribution is -2.34. The number of benzene rings is 1. The molecule has 2 atom stereocenters. The van der Waals surface area contributed by atoms with Crippen LogP contribution in [0, 0.1) is 11.8 Å². The van der Waals surface area contributed by atoms with E-state index in [1.165, 1.54) is 25.7 Å². The van der Waals surface area contributed by atoms with Gasteiger partial charge in [-0.1, -0.05) is 52.0 Å². The number of alkyl halides is 1. The van der Waals surface area contributed by atoms with Gasteiger partial charge in [-0.2, -0.15) is 0 Å². The minimum Gasteiger partial charge on any atom is -0.352 e. The molecule has 0 saturated heterocycles. The quantitative estimate of drug-likeness (QED) is 0.739. The van der Waals surface area contributed by atoms with Gasteiger partial charge in [0.2, 0.25) is 0 Å². The van der Waals surface area contributed by atoms with E-state index >= 15 is 0 Å². The van der Waals surface area contributed by atoms with Crippen LogP contribution in [0.2, 0.25) is 10.0 Å². The van der Waals surface area contributed by atoms with E-state index < -0.39 is 0 Å². The molecule has 2 unspecified atom stereocenters. The third kappa shape index (κ3) is 4.12. The van der Waals surface area contributed by atoms with Gasteiger partial charge >= 0.3 is 0 Å². The first kappa shape index (κ1) is 16.1. The normalized spacial score (nSPS) is 22.6. The minimum atomic E-state index is -0.120. The molecule has 0 bridgehead atoms. The number of carbonyl (C=O) groups is 1. The van der Waals surface area contributed by atoms with E-state index in [9.17, 15) is 4.79 Å². The summed E-state index contributed by atoms with van der Waals surface area (Å²) in [4.78, 5) is 12.2. The highest BCUT2D eigenvalue weighted by Gasteiger charge is 2.24. The molecule has 110 valence electrons. The Kier molecular flexibility index (Phi) is 6.19. The number of amides is 1. The summed E-state index contributed by atoms with van der Waals surface area (Å²) in [5.74, 6) is 1.09. The van der Waals surface area contributed by atoms with E-state index in [1.807, 2.05) is 0 Å². The van der Waals surface area contributed by atoms with Crippen molar-refractivity contribution in [2.45, 2.75) is 25.7 Å². The summed E-state index contributed by atoms with van der Waals surface area (Å²) in [6, 6.07) is 4.95. The molecule has 1 N–H and O–H groups in total. The second-order valence-electron chi connectivity index (χ2n) is 5.29. The van der Waals surface area contributed by atoms with Crippen molar-refractivity contribution >= 4 is 45.0 Å². The summed E-state index contributed by atoms with van der Waals surface area (Å²) in [5.41, 5.74) is 0.488. The van der Waals surface area contributed by atoms with Crippen LogP contribution in [0.5, 0.6) is 0 Å². The number of nitrogens with one attached hydrogen (secondary N) is 1. The van der Waals surface area contributed by atoms with Crippen LogP contribution in [-0.2, 0) is 0 Å². The molecule has 0 spiro atoms. The molecule has 0 aromatic heterocycles. The van der Waals surface area contributed by atoms with Gasteiger partial charge in [-0.25, -0.2) is 0 Å². The fourth-order valence-corrected chi connectivity index (χ4v) is 4.10. The van der Waals surface area contributed by atoms with Crippen molar-refractivity contribution < 1.29 is 4.79 Å². The topological polar surface area (TPSA) is 29.1 Å². The van der Waals surface area contributed by atoms with Crippen LogP contribution in [0.1, 0.15) is 36.0 Å². The molecule has 1 fully saturated rings. The molecule has 1 aromatic carbocycles. The fourth-order valence-electron chi connectivity index (χ4n) is 2.75. The molecule has 1 aliphatic rings. The molecule has 1 aliphatic carbocycles. The highest BCUT2D eigenvalue weighted by molar-refractivity contribution is 9.09. The molecular formula is C15H18BrCl2NO. The molecule has 2 rings (SSSR count). The maximum Gasteiger partial charge on any atom is 0.252 e. The van der Waals surface area contributed by atoms with Gasteiger partial charge in [0, 0.05) is 16.9 Å². The second-order valence-corrected chi connectivity index (χ2v) is 6.78. The first-order valence-electron chi connectivity index (χ1n) is 6.91. The van der Waals surface area contributed by atoms with Crippen LogP contribution in [0.25, 0.3) is 0 Å². The SMILES string of the molecule is O=C(NCC1CCCCC1CBr)c1ccc(Cl)cc1Cl. The molecule has 0 aliphatic heterocycles. The van der Waals surface area contributed by atoms with Gasteiger partial charge in [-0.15, -0.1) is 0 Å². The Hall–Kier alpha value is -0.250. The van der Waals surface area contributed by atoms with E-state index in [4.69, 9.17) is 23.2 Å². The Labute approximate surface area is 138 Å². The van der Waals surface area contributed by atoms with Gasteiger partial charge in [0.25, 0.3) is 5.91 Å². The van der Waals surface area contributed by atoms with Gasteiger partial charge in [0.15, 0.2) is 0 Å². The highest BCUT2D eigenvalue weighted by atomic mass is 79.9. The summed E-state index contributed by atoms with van der Waals surface area (Å²) in [6.45, 7) is 0.716. The van der Waals surface area contributed by atoms with E-state index in [0.717, 1.165) is 5.33 Å². The van der Waals surface area contributed by atoms with E-state index in [-0.39, 0.29) is 5.91 Å². The lowest BCUT2D eigenvalue weighted by Gasteiger charge is -2.30. The van der Waals surface area contributed by atoms with Crippen molar-refractivity contribution in [2.75, 3.05) is 11.9 Å². The van der Waals surface area contributed by atoms with Crippen molar-refractivity contribution in [3.05, 3.63) is 33.8 Å². The standard InChI is InChI=1S/C15H18BrCl2NO/c16-8-10-3-1-2-4-11(10)9-19-15(20)13-6-5-12(17)7-14(13)18/h5-7,10-11H,1-4,8-9H2,(H,19,20). The third-order valence-electron chi connectivity index (χ3n) is 3.97. The Morgan fingerprint density at radius 3 is 2.60 bits per heavy atom. The smallest absolute Gasteiger partial charge is 0.252 e. The van der Waals surface area contributed by atoms with Gasteiger partial charge in [-0.05, 0) is 42.9 Å². The molecule has 0 heterocycles. The summed E-state index contributed by atoms with van der Waals surface area (Å²) in [7, 11) is 0. The van der Waals surface area contributed by atoms with Crippen LogP contribution < -0.4 is 5.32 Å². The maximum atomic E-state index is 12.2. The van der Waals surface area contributed by atoms with E-state index in [2.05, 4.69) is 21.2 Å². The number of hydrogen-bond acceptors (Lipinski definition) is 1. The highest BCUT2D eigenvalue weighted by Crippen LogP contribution is 2.31. The molecule has 2 nitrogen and oxygen atoms in total. The molecule has 5 heteroatoms. The maximum absolute atomic E-state index is 12.2. The zero-order chi connectivity index (χ0) is 14.5. The Morgan fingerprint density at radius 2 is 1.95 bits per heavy atom. The van der Waals surface area contributed by atoms with Crippen molar-refractivity contribution in [1.82, 2.24) is 5.32 Å². The van der Waals surface area contributed by atoms with Gasteiger partial charge in [-0.3, -0.25) is 4.79 Å². The lowest BCUT2D eigenvalue weighted by atomic mass is 9.80. The van der Waals surface area contributed by atoms with Crippen LogP contribution in [0.4, 0.5) is 0 Å². The first-order valence-corrected chi connectivity index (χ1v) is 8.78. The van der Waals surface area contributed by atoms with Crippen LogP contribution in [0.15, 0.2) is 18.2 Å². The largest absolute Gasteiger partial charge is 0.352 e. The molecule has 1 aromatic rings. The predicted molar refractivity (Wildman–Crippen MR) is 88.0 cm³/mol. The summed E-state index contributed by atoms with van der Waals surface area (Å²) >= 11 is 15.5. The average molecular weight is 379 g/mol. The molecule has 0 radical (unpaired) electrons. The first-order chi connectivity index (χ1) is 9.61. The third-order valence-corrected chi connectivity index (χ3v) is 5.34. The van der Waals surface area contributed by atoms with Gasteiger partial charge < -0.3 is 5.32 Å². The van der Waals surface area contributed by atoms with Crippen molar-refractivity contribution in [1.29, 1.82) is 0 Å².